The summed E-state index contributed by atoms with van der Waals surface area (Å²) in [4.78, 5) is 10.3. The lowest BCUT2D eigenvalue weighted by Crippen LogP contribution is -2.42. The molecular formula is C4H5F2NO5S. The van der Waals surface area contributed by atoms with Gasteiger partial charge < -0.3 is 5.11 Å². The minimum absolute atomic E-state index is 0.377. The maximum atomic E-state index is 12.0. The molecule has 1 aliphatic rings. The molecule has 0 aromatic carbocycles. The molecule has 0 aromatic rings. The van der Waals surface area contributed by atoms with E-state index in [2.05, 4.69) is 4.18 Å². The zero-order valence-electron chi connectivity index (χ0n) is 6.05. The summed E-state index contributed by atoms with van der Waals surface area (Å²) in [6, 6.07) is -1.94. The molecule has 0 saturated carbocycles. The minimum Gasteiger partial charge on any atom is -0.464 e. The third-order valence-corrected chi connectivity index (χ3v) is 2.75. The zero-order chi connectivity index (χ0) is 10.2. The van der Waals surface area contributed by atoms with Crippen LogP contribution in [0.1, 0.15) is 0 Å². The number of halogens is 2. The second-order valence-electron chi connectivity index (χ2n) is 2.22. The summed E-state index contributed by atoms with van der Waals surface area (Å²) in [5.74, 6) is 0. The van der Waals surface area contributed by atoms with Crippen molar-refractivity contribution in [3.05, 3.63) is 0 Å². The Balaban J connectivity index is 3.00. The number of carboxylic acid groups (broad SMARTS) is 1. The molecule has 1 N–H and O–H groups in total. The number of nitrogens with zero attached hydrogens (tertiary/aromatic N) is 1. The highest BCUT2D eigenvalue weighted by Crippen LogP contribution is 2.23. The first-order valence-corrected chi connectivity index (χ1v) is 4.42. The lowest BCUT2D eigenvalue weighted by atomic mass is 10.3. The van der Waals surface area contributed by atoms with Crippen LogP contribution in [0.5, 0.6) is 0 Å². The molecule has 1 unspecified atom stereocenters. The van der Waals surface area contributed by atoms with Gasteiger partial charge in [-0.2, -0.15) is 12.7 Å². The van der Waals surface area contributed by atoms with Gasteiger partial charge in [0.2, 0.25) is 0 Å². The van der Waals surface area contributed by atoms with Gasteiger partial charge in [-0.25, -0.2) is 13.6 Å². The first kappa shape index (κ1) is 10.1. The van der Waals surface area contributed by atoms with Gasteiger partial charge in [0.25, 0.3) is 6.43 Å². The molecule has 76 valence electrons. The van der Waals surface area contributed by atoms with Crippen molar-refractivity contribution in [3.63, 3.8) is 0 Å². The van der Waals surface area contributed by atoms with Crippen LogP contribution in [0.15, 0.2) is 0 Å². The quantitative estimate of drug-likeness (QED) is 0.661. The second kappa shape index (κ2) is 3.07. The molecule has 0 aromatic heterocycles. The monoisotopic (exact) mass is 217 g/mol. The second-order valence-corrected chi connectivity index (χ2v) is 3.71. The van der Waals surface area contributed by atoms with Crippen LogP contribution in [0.25, 0.3) is 0 Å². The van der Waals surface area contributed by atoms with Crippen molar-refractivity contribution in [1.82, 2.24) is 4.31 Å². The molecular weight excluding hydrogens is 212 g/mol. The highest BCUT2D eigenvalue weighted by Gasteiger charge is 2.47. The molecule has 13 heavy (non-hydrogen) atoms. The molecule has 1 atom stereocenters. The fourth-order valence-corrected chi connectivity index (χ4v) is 1.96. The van der Waals surface area contributed by atoms with E-state index in [-0.39, 0.29) is 4.31 Å². The van der Waals surface area contributed by atoms with E-state index in [1.807, 2.05) is 0 Å². The molecule has 6 nitrogen and oxygen atoms in total. The number of amides is 1. The van der Waals surface area contributed by atoms with Crippen LogP contribution in [-0.4, -0.2) is 43.0 Å². The Kier molecular flexibility index (Phi) is 2.39. The smallest absolute Gasteiger partial charge is 0.423 e. The molecule has 1 fully saturated rings. The van der Waals surface area contributed by atoms with Gasteiger partial charge in [-0.15, -0.1) is 0 Å². The Labute approximate surface area is 72.0 Å². The van der Waals surface area contributed by atoms with E-state index >= 15 is 0 Å². The molecule has 1 rings (SSSR count). The van der Waals surface area contributed by atoms with Crippen LogP contribution in [0.3, 0.4) is 0 Å². The van der Waals surface area contributed by atoms with Gasteiger partial charge in [0.05, 0.1) is 6.61 Å². The first-order chi connectivity index (χ1) is 5.86. The van der Waals surface area contributed by atoms with Crippen LogP contribution in [0.4, 0.5) is 13.6 Å². The molecule has 1 aliphatic heterocycles. The number of alkyl halides is 2. The van der Waals surface area contributed by atoms with Crippen molar-refractivity contribution in [2.75, 3.05) is 6.61 Å². The summed E-state index contributed by atoms with van der Waals surface area (Å²) in [5, 5.41) is 8.30. The highest BCUT2D eigenvalue weighted by atomic mass is 32.2. The molecule has 0 bridgehead atoms. The molecule has 0 radical (unpaired) electrons. The van der Waals surface area contributed by atoms with Crippen molar-refractivity contribution in [3.8, 4) is 0 Å². The molecule has 1 heterocycles. The van der Waals surface area contributed by atoms with Gasteiger partial charge in [0.15, 0.2) is 0 Å². The van der Waals surface area contributed by atoms with Crippen LogP contribution in [0, 0.1) is 0 Å². The summed E-state index contributed by atoms with van der Waals surface area (Å²) in [5.41, 5.74) is 0. The van der Waals surface area contributed by atoms with Gasteiger partial charge in [-0.1, -0.05) is 0 Å². The minimum atomic E-state index is -4.53. The Morgan fingerprint density at radius 3 is 2.46 bits per heavy atom. The number of rotatable bonds is 1. The van der Waals surface area contributed by atoms with Gasteiger partial charge in [-0.05, 0) is 0 Å². The van der Waals surface area contributed by atoms with Gasteiger partial charge >= 0.3 is 16.4 Å². The number of hydrogen-bond acceptors (Lipinski definition) is 4. The van der Waals surface area contributed by atoms with E-state index in [4.69, 9.17) is 5.11 Å². The number of hydrogen-bond donors (Lipinski definition) is 1. The average molecular weight is 217 g/mol. The summed E-state index contributed by atoms with van der Waals surface area (Å²) >= 11 is 0. The van der Waals surface area contributed by atoms with E-state index in [1.165, 1.54) is 0 Å². The third kappa shape index (κ3) is 1.70. The standard InChI is InChI=1S/C4H5F2NO5S/c5-3(6)2-1-12-13(10,11)7(2)4(8)9/h2-3H,1H2,(H,8,9). The average Bonchev–Trinajstić information content (AvgIpc) is 2.24. The van der Waals surface area contributed by atoms with E-state index < -0.39 is 35.5 Å². The van der Waals surface area contributed by atoms with E-state index in [0.717, 1.165) is 0 Å². The van der Waals surface area contributed by atoms with Crippen molar-refractivity contribution in [2.24, 2.45) is 0 Å². The first-order valence-electron chi connectivity index (χ1n) is 3.06. The van der Waals surface area contributed by atoms with Crippen LogP contribution < -0.4 is 0 Å². The summed E-state index contributed by atoms with van der Waals surface area (Å²) < 4.78 is 49.1. The Hall–Kier alpha value is -0.960. The maximum Gasteiger partial charge on any atom is 0.423 e. The summed E-state index contributed by atoms with van der Waals surface area (Å²) in [6.45, 7) is -0.841. The Bertz CT molecular complexity index is 314. The van der Waals surface area contributed by atoms with E-state index in [0.29, 0.717) is 0 Å². The van der Waals surface area contributed by atoms with Crippen molar-refractivity contribution in [1.29, 1.82) is 0 Å². The topological polar surface area (TPSA) is 83.9 Å². The molecule has 0 aliphatic carbocycles. The van der Waals surface area contributed by atoms with Crippen molar-refractivity contribution < 1.29 is 31.3 Å². The van der Waals surface area contributed by atoms with Crippen molar-refractivity contribution >= 4 is 16.4 Å². The Morgan fingerprint density at radius 2 is 2.15 bits per heavy atom. The van der Waals surface area contributed by atoms with Gasteiger partial charge in [0.1, 0.15) is 6.04 Å². The highest BCUT2D eigenvalue weighted by molar-refractivity contribution is 7.85. The predicted molar refractivity (Wildman–Crippen MR) is 34.5 cm³/mol. The molecule has 9 heteroatoms. The van der Waals surface area contributed by atoms with E-state index in [1.54, 1.807) is 0 Å². The van der Waals surface area contributed by atoms with Crippen LogP contribution in [-0.2, 0) is 14.5 Å². The third-order valence-electron chi connectivity index (χ3n) is 1.41. The Morgan fingerprint density at radius 1 is 1.62 bits per heavy atom. The van der Waals surface area contributed by atoms with E-state index in [9.17, 15) is 22.0 Å². The normalized spacial score (nSPS) is 26.7. The van der Waals surface area contributed by atoms with Gasteiger partial charge in [0, 0.05) is 0 Å². The SMILES string of the molecule is O=C(O)N1C(C(F)F)COS1(=O)=O. The predicted octanol–water partition coefficient (Wildman–Crippen LogP) is -0.125. The fraction of sp³-hybridized carbons (Fsp3) is 0.750. The lowest BCUT2D eigenvalue weighted by Gasteiger charge is -2.15. The maximum absolute atomic E-state index is 12.0. The largest absolute Gasteiger partial charge is 0.464 e. The van der Waals surface area contributed by atoms with Crippen LogP contribution >= 0.6 is 0 Å². The molecule has 1 saturated heterocycles. The molecule has 0 spiro atoms. The van der Waals surface area contributed by atoms with Gasteiger partial charge in [-0.3, -0.25) is 4.18 Å². The fourth-order valence-electron chi connectivity index (χ4n) is 0.859. The molecule has 1 amide bonds. The van der Waals surface area contributed by atoms with Crippen molar-refractivity contribution in [2.45, 2.75) is 12.5 Å². The van der Waals surface area contributed by atoms with Crippen LogP contribution in [0.2, 0.25) is 0 Å². The number of carbonyl (C=O) groups is 1. The lowest BCUT2D eigenvalue weighted by molar-refractivity contribution is 0.0609. The zero-order valence-corrected chi connectivity index (χ0v) is 6.87. The summed E-state index contributed by atoms with van der Waals surface area (Å²) in [6.07, 6.45) is -5.06. The summed E-state index contributed by atoms with van der Waals surface area (Å²) in [7, 11) is -4.53.